The number of ether oxygens (including phenoxy) is 1. The van der Waals surface area contributed by atoms with Crippen LogP contribution in [0.15, 0.2) is 12.1 Å². The van der Waals surface area contributed by atoms with Crippen molar-refractivity contribution in [2.24, 2.45) is 0 Å². The number of nitrogens with one attached hydrogen (secondary N) is 1. The van der Waals surface area contributed by atoms with Gasteiger partial charge in [0.1, 0.15) is 5.75 Å². The Hall–Kier alpha value is -1.02. The average Bonchev–Trinajstić information content (AvgIpc) is 2.98. The van der Waals surface area contributed by atoms with Gasteiger partial charge in [-0.1, -0.05) is 6.07 Å². The SMILES string of the molecule is COc1ccc2c(c1C1CCCN1)CCC2. The number of aryl methyl sites for hydroxylation is 1. The molecule has 2 nitrogen and oxygen atoms in total. The zero-order valence-electron chi connectivity index (χ0n) is 9.88. The standard InChI is InChI=1S/C14H19NO/c1-16-13-8-7-10-4-2-5-11(10)14(13)12-6-3-9-15-12/h7-8,12,15H,2-6,9H2,1H3. The van der Waals surface area contributed by atoms with Crippen LogP contribution < -0.4 is 10.1 Å². The monoisotopic (exact) mass is 217 g/mol. The van der Waals surface area contributed by atoms with E-state index in [9.17, 15) is 0 Å². The Balaban J connectivity index is 2.08. The first kappa shape index (κ1) is 10.2. The zero-order chi connectivity index (χ0) is 11.0. The van der Waals surface area contributed by atoms with Crippen molar-refractivity contribution in [1.29, 1.82) is 0 Å². The van der Waals surface area contributed by atoms with Crippen LogP contribution in [0, 0.1) is 0 Å². The summed E-state index contributed by atoms with van der Waals surface area (Å²) >= 11 is 0. The Morgan fingerprint density at radius 2 is 2.19 bits per heavy atom. The molecule has 0 amide bonds. The number of methoxy groups -OCH3 is 1. The second kappa shape index (κ2) is 4.10. The summed E-state index contributed by atoms with van der Waals surface area (Å²) in [5, 5.41) is 3.60. The van der Waals surface area contributed by atoms with Gasteiger partial charge < -0.3 is 10.1 Å². The Morgan fingerprint density at radius 1 is 1.25 bits per heavy atom. The highest BCUT2D eigenvalue weighted by atomic mass is 16.5. The highest BCUT2D eigenvalue weighted by Gasteiger charge is 2.26. The van der Waals surface area contributed by atoms with E-state index in [-0.39, 0.29) is 0 Å². The number of rotatable bonds is 2. The summed E-state index contributed by atoms with van der Waals surface area (Å²) < 4.78 is 5.54. The second-order valence-corrected chi connectivity index (χ2v) is 4.82. The van der Waals surface area contributed by atoms with Crippen molar-refractivity contribution in [3.63, 3.8) is 0 Å². The van der Waals surface area contributed by atoms with Crippen molar-refractivity contribution >= 4 is 0 Å². The first-order chi connectivity index (χ1) is 7.90. The number of hydrogen-bond acceptors (Lipinski definition) is 2. The Kier molecular flexibility index (Phi) is 2.60. The van der Waals surface area contributed by atoms with Gasteiger partial charge in [0.05, 0.1) is 7.11 Å². The third-order valence-electron chi connectivity index (χ3n) is 3.92. The van der Waals surface area contributed by atoms with Gasteiger partial charge in [0.25, 0.3) is 0 Å². The quantitative estimate of drug-likeness (QED) is 0.822. The predicted molar refractivity (Wildman–Crippen MR) is 65.0 cm³/mol. The fourth-order valence-corrected chi connectivity index (χ4v) is 3.16. The van der Waals surface area contributed by atoms with Crippen LogP contribution in [0.3, 0.4) is 0 Å². The fourth-order valence-electron chi connectivity index (χ4n) is 3.16. The van der Waals surface area contributed by atoms with Crippen LogP contribution in [0.2, 0.25) is 0 Å². The molecule has 1 aromatic rings. The summed E-state index contributed by atoms with van der Waals surface area (Å²) in [6, 6.07) is 4.93. The lowest BCUT2D eigenvalue weighted by Gasteiger charge is -2.19. The van der Waals surface area contributed by atoms with Crippen LogP contribution >= 0.6 is 0 Å². The smallest absolute Gasteiger partial charge is 0.123 e. The number of hydrogen-bond donors (Lipinski definition) is 1. The molecule has 1 saturated heterocycles. The van der Waals surface area contributed by atoms with Gasteiger partial charge in [-0.25, -0.2) is 0 Å². The molecular formula is C14H19NO. The maximum atomic E-state index is 5.54. The highest BCUT2D eigenvalue weighted by molar-refractivity contribution is 5.49. The molecule has 0 radical (unpaired) electrons. The van der Waals surface area contributed by atoms with E-state index in [0.29, 0.717) is 6.04 Å². The molecule has 1 aromatic carbocycles. The average molecular weight is 217 g/mol. The van der Waals surface area contributed by atoms with Gasteiger partial charge in [0.2, 0.25) is 0 Å². The molecule has 0 aromatic heterocycles. The lowest BCUT2D eigenvalue weighted by Crippen LogP contribution is -2.15. The van der Waals surface area contributed by atoms with Crippen LogP contribution in [-0.2, 0) is 12.8 Å². The van der Waals surface area contributed by atoms with Gasteiger partial charge in [0.15, 0.2) is 0 Å². The minimum Gasteiger partial charge on any atom is -0.496 e. The van der Waals surface area contributed by atoms with Crippen molar-refractivity contribution < 1.29 is 4.74 Å². The molecule has 1 aliphatic heterocycles. The first-order valence-electron chi connectivity index (χ1n) is 6.32. The van der Waals surface area contributed by atoms with Crippen molar-refractivity contribution in [3.05, 3.63) is 28.8 Å². The van der Waals surface area contributed by atoms with Gasteiger partial charge >= 0.3 is 0 Å². The molecular weight excluding hydrogens is 198 g/mol. The van der Waals surface area contributed by atoms with Gasteiger partial charge in [-0.15, -0.1) is 0 Å². The first-order valence-corrected chi connectivity index (χ1v) is 6.32. The fraction of sp³-hybridized carbons (Fsp3) is 0.571. The molecule has 0 bridgehead atoms. The van der Waals surface area contributed by atoms with E-state index >= 15 is 0 Å². The molecule has 2 heteroatoms. The Bertz CT molecular complexity index is 394. The maximum absolute atomic E-state index is 5.54. The molecule has 2 aliphatic rings. The lowest BCUT2D eigenvalue weighted by molar-refractivity contribution is 0.402. The molecule has 1 atom stereocenters. The third-order valence-corrected chi connectivity index (χ3v) is 3.92. The van der Waals surface area contributed by atoms with Crippen molar-refractivity contribution in [3.8, 4) is 5.75 Å². The van der Waals surface area contributed by atoms with E-state index in [1.807, 2.05) is 0 Å². The normalized spacial score (nSPS) is 23.4. The Morgan fingerprint density at radius 3 is 2.94 bits per heavy atom. The third kappa shape index (κ3) is 1.52. The number of fused-ring (bicyclic) bond motifs is 1. The molecule has 0 spiro atoms. The lowest BCUT2D eigenvalue weighted by atomic mass is 9.95. The van der Waals surface area contributed by atoms with E-state index in [1.165, 1.54) is 37.7 Å². The van der Waals surface area contributed by atoms with Crippen molar-refractivity contribution in [2.75, 3.05) is 13.7 Å². The minimum absolute atomic E-state index is 0.531. The summed E-state index contributed by atoms with van der Waals surface area (Å²) in [5.41, 5.74) is 4.57. The predicted octanol–water partition coefficient (Wildman–Crippen LogP) is 2.61. The molecule has 3 rings (SSSR count). The molecule has 1 unspecified atom stereocenters. The van der Waals surface area contributed by atoms with Gasteiger partial charge in [-0.3, -0.25) is 0 Å². The topological polar surface area (TPSA) is 21.3 Å². The van der Waals surface area contributed by atoms with Crippen LogP contribution in [-0.4, -0.2) is 13.7 Å². The summed E-state index contributed by atoms with van der Waals surface area (Å²) in [7, 11) is 1.79. The van der Waals surface area contributed by atoms with E-state index < -0.39 is 0 Å². The Labute approximate surface area is 97.0 Å². The molecule has 16 heavy (non-hydrogen) atoms. The van der Waals surface area contributed by atoms with E-state index in [4.69, 9.17) is 4.74 Å². The molecule has 1 heterocycles. The highest BCUT2D eigenvalue weighted by Crippen LogP contribution is 2.38. The maximum Gasteiger partial charge on any atom is 0.123 e. The molecule has 1 N–H and O–H groups in total. The summed E-state index contributed by atoms with van der Waals surface area (Å²) in [6.45, 7) is 1.15. The van der Waals surface area contributed by atoms with Gasteiger partial charge in [0, 0.05) is 11.6 Å². The van der Waals surface area contributed by atoms with Gasteiger partial charge in [-0.05, 0) is 55.8 Å². The van der Waals surface area contributed by atoms with Crippen LogP contribution in [0.1, 0.15) is 42.0 Å². The van der Waals surface area contributed by atoms with E-state index in [0.717, 1.165) is 12.3 Å². The largest absolute Gasteiger partial charge is 0.496 e. The molecule has 0 saturated carbocycles. The van der Waals surface area contributed by atoms with Crippen LogP contribution in [0.25, 0.3) is 0 Å². The van der Waals surface area contributed by atoms with Crippen LogP contribution in [0.4, 0.5) is 0 Å². The minimum atomic E-state index is 0.531. The summed E-state index contributed by atoms with van der Waals surface area (Å²) in [4.78, 5) is 0. The zero-order valence-corrected chi connectivity index (χ0v) is 9.88. The van der Waals surface area contributed by atoms with Crippen molar-refractivity contribution in [2.45, 2.75) is 38.1 Å². The van der Waals surface area contributed by atoms with Crippen molar-refractivity contribution in [1.82, 2.24) is 5.32 Å². The summed E-state index contributed by atoms with van der Waals surface area (Å²) in [6.07, 6.45) is 6.34. The summed E-state index contributed by atoms with van der Waals surface area (Å²) in [5.74, 6) is 1.08. The van der Waals surface area contributed by atoms with E-state index in [1.54, 1.807) is 18.2 Å². The van der Waals surface area contributed by atoms with E-state index in [2.05, 4.69) is 17.4 Å². The van der Waals surface area contributed by atoms with Crippen LogP contribution in [0.5, 0.6) is 5.75 Å². The molecule has 1 fully saturated rings. The molecule has 86 valence electrons. The second-order valence-electron chi connectivity index (χ2n) is 4.82. The number of benzene rings is 1. The molecule has 1 aliphatic carbocycles. The van der Waals surface area contributed by atoms with Gasteiger partial charge in [-0.2, -0.15) is 0 Å².